The summed E-state index contributed by atoms with van der Waals surface area (Å²) in [5, 5.41) is 7.18. The summed E-state index contributed by atoms with van der Waals surface area (Å²) in [6.07, 6.45) is -0.124. The average Bonchev–Trinajstić information content (AvgIpc) is 3.30. The summed E-state index contributed by atoms with van der Waals surface area (Å²) in [4.78, 5) is 17.0. The molecule has 1 N–H and O–H groups in total. The molecule has 0 unspecified atom stereocenters. The van der Waals surface area contributed by atoms with Crippen LogP contribution in [0.2, 0.25) is 0 Å². The Labute approximate surface area is 171 Å². The number of fused-ring (bicyclic) bond motifs is 1. The molecule has 0 fully saturated rings. The molecule has 4 aromatic rings. The fourth-order valence-corrected chi connectivity index (χ4v) is 3.21. The van der Waals surface area contributed by atoms with E-state index in [1.807, 2.05) is 13.8 Å². The minimum atomic E-state index is -0.376. The van der Waals surface area contributed by atoms with Gasteiger partial charge in [0.2, 0.25) is 11.7 Å². The van der Waals surface area contributed by atoms with Crippen LogP contribution in [0.15, 0.2) is 45.3 Å². The Kier molecular flexibility index (Phi) is 4.99. The van der Waals surface area contributed by atoms with Gasteiger partial charge in [-0.25, -0.2) is 4.39 Å². The normalized spacial score (nSPS) is 11.3. The highest BCUT2D eigenvalue weighted by Crippen LogP contribution is 2.40. The molecule has 7 nitrogen and oxygen atoms in total. The van der Waals surface area contributed by atoms with Crippen LogP contribution in [0.1, 0.15) is 30.1 Å². The molecule has 0 bridgehead atoms. The van der Waals surface area contributed by atoms with E-state index in [0.717, 1.165) is 0 Å². The van der Waals surface area contributed by atoms with E-state index in [-0.39, 0.29) is 17.8 Å². The van der Waals surface area contributed by atoms with Gasteiger partial charge in [-0.1, -0.05) is 5.16 Å². The third-order valence-corrected chi connectivity index (χ3v) is 4.48. The molecular formula is C22H20FN3O4. The minimum Gasteiger partial charge on any atom is -0.490 e. The maximum Gasteiger partial charge on any atom is 0.255 e. The second-order valence-corrected chi connectivity index (χ2v) is 7.04. The number of halogens is 1. The number of aromatic nitrogens is 2. The van der Waals surface area contributed by atoms with E-state index >= 15 is 0 Å². The molecule has 0 aliphatic carbocycles. The first-order chi connectivity index (χ1) is 14.4. The zero-order chi connectivity index (χ0) is 21.4. The van der Waals surface area contributed by atoms with Gasteiger partial charge in [0.05, 0.1) is 17.2 Å². The SMILES string of the molecule is CNC(=O)c1c(-c2ccc(F)cc2)oc2cc(-c3noc(C)n3)c(OC(C)C)cc12. The molecular weight excluding hydrogens is 389 g/mol. The number of nitrogens with one attached hydrogen (secondary N) is 1. The Morgan fingerprint density at radius 2 is 1.93 bits per heavy atom. The maximum absolute atomic E-state index is 13.4. The van der Waals surface area contributed by atoms with E-state index in [1.54, 1.807) is 31.2 Å². The summed E-state index contributed by atoms with van der Waals surface area (Å²) < 4.78 is 30.5. The Bertz CT molecular complexity index is 1230. The summed E-state index contributed by atoms with van der Waals surface area (Å²) in [6.45, 7) is 5.49. The lowest BCUT2D eigenvalue weighted by Gasteiger charge is -2.13. The second-order valence-electron chi connectivity index (χ2n) is 7.04. The first-order valence-electron chi connectivity index (χ1n) is 9.43. The van der Waals surface area contributed by atoms with Crippen molar-refractivity contribution in [3.8, 4) is 28.5 Å². The first kappa shape index (κ1) is 19.6. The van der Waals surface area contributed by atoms with Crippen LogP contribution < -0.4 is 10.1 Å². The molecule has 0 atom stereocenters. The average molecular weight is 409 g/mol. The molecule has 1 amide bonds. The quantitative estimate of drug-likeness (QED) is 0.512. The smallest absolute Gasteiger partial charge is 0.255 e. The number of nitrogens with zero attached hydrogens (tertiary/aromatic N) is 2. The molecule has 154 valence electrons. The largest absolute Gasteiger partial charge is 0.490 e. The third-order valence-electron chi connectivity index (χ3n) is 4.48. The number of hydrogen-bond donors (Lipinski definition) is 1. The Hall–Kier alpha value is -3.68. The molecule has 30 heavy (non-hydrogen) atoms. The van der Waals surface area contributed by atoms with Gasteiger partial charge in [0.1, 0.15) is 22.9 Å². The van der Waals surface area contributed by atoms with Gasteiger partial charge in [-0.3, -0.25) is 4.79 Å². The van der Waals surface area contributed by atoms with Gasteiger partial charge in [0.15, 0.2) is 0 Å². The predicted molar refractivity (Wildman–Crippen MR) is 109 cm³/mol. The molecule has 0 radical (unpaired) electrons. The van der Waals surface area contributed by atoms with Crippen molar-refractivity contribution in [1.29, 1.82) is 0 Å². The van der Waals surface area contributed by atoms with Gasteiger partial charge in [-0.05, 0) is 50.2 Å². The van der Waals surface area contributed by atoms with Gasteiger partial charge in [-0.2, -0.15) is 4.98 Å². The summed E-state index contributed by atoms with van der Waals surface area (Å²) in [7, 11) is 1.54. The van der Waals surface area contributed by atoms with Crippen molar-refractivity contribution in [2.75, 3.05) is 7.05 Å². The summed E-state index contributed by atoms with van der Waals surface area (Å²) in [6, 6.07) is 9.21. The van der Waals surface area contributed by atoms with Gasteiger partial charge >= 0.3 is 0 Å². The highest BCUT2D eigenvalue weighted by atomic mass is 19.1. The van der Waals surface area contributed by atoms with E-state index in [9.17, 15) is 9.18 Å². The van der Waals surface area contributed by atoms with Gasteiger partial charge in [0.25, 0.3) is 5.91 Å². The molecule has 0 saturated heterocycles. The van der Waals surface area contributed by atoms with Crippen molar-refractivity contribution in [1.82, 2.24) is 15.5 Å². The number of carbonyl (C=O) groups excluding carboxylic acids is 1. The van der Waals surface area contributed by atoms with Crippen molar-refractivity contribution < 1.29 is 22.9 Å². The number of carbonyl (C=O) groups is 1. The molecule has 4 rings (SSSR count). The molecule has 2 heterocycles. The van der Waals surface area contributed by atoms with Gasteiger partial charge < -0.3 is 19.0 Å². The zero-order valence-corrected chi connectivity index (χ0v) is 16.9. The number of furan rings is 1. The van der Waals surface area contributed by atoms with Crippen LogP contribution in [0.25, 0.3) is 33.7 Å². The lowest BCUT2D eigenvalue weighted by molar-refractivity contribution is 0.0964. The van der Waals surface area contributed by atoms with Crippen molar-refractivity contribution >= 4 is 16.9 Å². The molecule has 0 aliphatic rings. The van der Waals surface area contributed by atoms with E-state index in [1.165, 1.54) is 19.2 Å². The van der Waals surface area contributed by atoms with Crippen LogP contribution in [0, 0.1) is 12.7 Å². The monoisotopic (exact) mass is 409 g/mol. The highest BCUT2D eigenvalue weighted by molar-refractivity contribution is 6.12. The fraction of sp³-hybridized carbons (Fsp3) is 0.227. The highest BCUT2D eigenvalue weighted by Gasteiger charge is 2.25. The lowest BCUT2D eigenvalue weighted by Crippen LogP contribution is -2.18. The summed E-state index contributed by atoms with van der Waals surface area (Å²) in [5.74, 6) is 0.894. The molecule has 2 aromatic heterocycles. The number of amides is 1. The standard InChI is InChI=1S/C22H20FN3O4/c1-11(2)28-18-9-15-17(10-16(18)21-25-12(3)30-26-21)29-20(19(15)22(27)24-4)13-5-7-14(23)8-6-13/h5-11H,1-4H3,(H,24,27). The Morgan fingerprint density at radius 1 is 1.20 bits per heavy atom. The Morgan fingerprint density at radius 3 is 2.53 bits per heavy atom. The van der Waals surface area contributed by atoms with Crippen molar-refractivity contribution in [3.63, 3.8) is 0 Å². The van der Waals surface area contributed by atoms with E-state index in [0.29, 0.717) is 50.9 Å². The number of ether oxygens (including phenoxy) is 1. The van der Waals surface area contributed by atoms with Crippen LogP contribution in [-0.4, -0.2) is 29.2 Å². The minimum absolute atomic E-state index is 0.124. The topological polar surface area (TPSA) is 90.4 Å². The van der Waals surface area contributed by atoms with Gasteiger partial charge in [-0.15, -0.1) is 0 Å². The van der Waals surface area contributed by atoms with Crippen LogP contribution in [0.3, 0.4) is 0 Å². The molecule has 8 heteroatoms. The lowest BCUT2D eigenvalue weighted by atomic mass is 10.0. The first-order valence-corrected chi connectivity index (χ1v) is 9.43. The fourth-order valence-electron chi connectivity index (χ4n) is 3.21. The van der Waals surface area contributed by atoms with Crippen molar-refractivity contribution in [3.05, 3.63) is 53.7 Å². The van der Waals surface area contributed by atoms with Gasteiger partial charge in [0, 0.05) is 24.9 Å². The molecule has 0 aliphatic heterocycles. The summed E-state index contributed by atoms with van der Waals surface area (Å²) in [5.41, 5.74) is 1.94. The summed E-state index contributed by atoms with van der Waals surface area (Å²) >= 11 is 0. The van der Waals surface area contributed by atoms with Crippen LogP contribution in [-0.2, 0) is 0 Å². The zero-order valence-electron chi connectivity index (χ0n) is 16.9. The van der Waals surface area contributed by atoms with Crippen LogP contribution >= 0.6 is 0 Å². The van der Waals surface area contributed by atoms with Crippen molar-refractivity contribution in [2.24, 2.45) is 0 Å². The molecule has 2 aromatic carbocycles. The van der Waals surface area contributed by atoms with E-state index in [2.05, 4.69) is 15.5 Å². The number of aryl methyl sites for hydroxylation is 1. The molecule has 0 saturated carbocycles. The van der Waals surface area contributed by atoms with Crippen LogP contribution in [0.5, 0.6) is 5.75 Å². The number of benzene rings is 2. The van der Waals surface area contributed by atoms with E-state index < -0.39 is 0 Å². The number of rotatable bonds is 5. The maximum atomic E-state index is 13.4. The number of hydrogen-bond acceptors (Lipinski definition) is 6. The Balaban J connectivity index is 2.00. The third kappa shape index (κ3) is 3.52. The second kappa shape index (κ2) is 7.62. The van der Waals surface area contributed by atoms with E-state index in [4.69, 9.17) is 13.7 Å². The predicted octanol–water partition coefficient (Wildman–Crippen LogP) is 4.74. The van der Waals surface area contributed by atoms with Crippen molar-refractivity contribution in [2.45, 2.75) is 26.9 Å². The molecule has 0 spiro atoms. The van der Waals surface area contributed by atoms with Crippen LogP contribution in [0.4, 0.5) is 4.39 Å².